The van der Waals surface area contributed by atoms with Gasteiger partial charge in [-0.25, -0.2) is 0 Å². The third kappa shape index (κ3) is 6.85. The van der Waals surface area contributed by atoms with Gasteiger partial charge in [0, 0.05) is 12.6 Å². The van der Waals surface area contributed by atoms with Crippen LogP contribution in [0.25, 0.3) is 0 Å². The Kier molecular flexibility index (Phi) is 8.76. The first kappa shape index (κ1) is 25.8. The molecular weight excluding hydrogens is 424 g/mol. The Morgan fingerprint density at radius 2 is 1.68 bits per heavy atom. The first-order chi connectivity index (χ1) is 16.2. The first-order valence-electron chi connectivity index (χ1n) is 12.5. The Bertz CT molecular complexity index is 973. The molecule has 0 aromatic heterocycles. The number of para-hydroxylation sites is 1. The van der Waals surface area contributed by atoms with Gasteiger partial charge in [-0.1, -0.05) is 82.5 Å². The minimum Gasteiger partial charge on any atom is -0.483 e. The van der Waals surface area contributed by atoms with Crippen molar-refractivity contribution in [2.75, 3.05) is 6.61 Å². The fourth-order valence-corrected chi connectivity index (χ4v) is 4.56. The van der Waals surface area contributed by atoms with Crippen LogP contribution in [0.2, 0.25) is 0 Å². The van der Waals surface area contributed by atoms with E-state index in [2.05, 4.69) is 26.1 Å². The summed E-state index contributed by atoms with van der Waals surface area (Å²) in [4.78, 5) is 28.3. The van der Waals surface area contributed by atoms with E-state index in [4.69, 9.17) is 4.74 Å². The van der Waals surface area contributed by atoms with E-state index in [1.54, 1.807) is 4.90 Å². The zero-order valence-corrected chi connectivity index (χ0v) is 21.4. The molecular formula is C29H40N2O3. The Morgan fingerprint density at radius 3 is 2.35 bits per heavy atom. The number of hydrogen-bond donors (Lipinski definition) is 1. The van der Waals surface area contributed by atoms with Gasteiger partial charge in [0.05, 0.1) is 0 Å². The fraction of sp³-hybridized carbons (Fsp3) is 0.517. The van der Waals surface area contributed by atoms with Gasteiger partial charge in [0.1, 0.15) is 11.8 Å². The number of rotatable bonds is 8. The predicted molar refractivity (Wildman–Crippen MR) is 137 cm³/mol. The summed E-state index contributed by atoms with van der Waals surface area (Å²) in [6, 6.07) is 15.4. The van der Waals surface area contributed by atoms with E-state index in [0.29, 0.717) is 12.3 Å². The molecule has 1 saturated carbocycles. The molecule has 0 bridgehead atoms. The van der Waals surface area contributed by atoms with E-state index in [0.717, 1.165) is 42.4 Å². The van der Waals surface area contributed by atoms with Gasteiger partial charge in [-0.05, 0) is 54.9 Å². The van der Waals surface area contributed by atoms with Crippen molar-refractivity contribution < 1.29 is 14.3 Å². The monoisotopic (exact) mass is 464 g/mol. The van der Waals surface area contributed by atoms with Crippen LogP contribution in [0.5, 0.6) is 5.75 Å². The number of nitrogens with one attached hydrogen (secondary N) is 1. The molecule has 0 heterocycles. The maximum atomic E-state index is 13.5. The van der Waals surface area contributed by atoms with Crippen molar-refractivity contribution >= 4 is 11.8 Å². The van der Waals surface area contributed by atoms with Crippen LogP contribution in [-0.2, 0) is 21.5 Å². The molecule has 0 spiro atoms. The van der Waals surface area contributed by atoms with Crippen LogP contribution in [0, 0.1) is 6.92 Å². The van der Waals surface area contributed by atoms with Crippen LogP contribution < -0.4 is 10.1 Å². The van der Waals surface area contributed by atoms with Gasteiger partial charge in [0.2, 0.25) is 5.91 Å². The molecule has 1 aliphatic carbocycles. The number of aryl methyl sites for hydroxylation is 1. The van der Waals surface area contributed by atoms with E-state index in [9.17, 15) is 9.59 Å². The summed E-state index contributed by atoms with van der Waals surface area (Å²) in [5, 5.41) is 3.18. The molecule has 0 aliphatic heterocycles. The van der Waals surface area contributed by atoms with Crippen molar-refractivity contribution in [1.82, 2.24) is 10.2 Å². The maximum Gasteiger partial charge on any atom is 0.261 e. The second kappa shape index (κ2) is 11.5. The van der Waals surface area contributed by atoms with Crippen molar-refractivity contribution in [3.63, 3.8) is 0 Å². The first-order valence-corrected chi connectivity index (χ1v) is 12.5. The molecule has 5 heteroatoms. The van der Waals surface area contributed by atoms with E-state index in [-0.39, 0.29) is 29.9 Å². The molecule has 0 unspecified atom stereocenters. The summed E-state index contributed by atoms with van der Waals surface area (Å²) < 4.78 is 6.03. The summed E-state index contributed by atoms with van der Waals surface area (Å²) in [6.45, 7) is 10.5. The summed E-state index contributed by atoms with van der Waals surface area (Å²) >= 11 is 0. The smallest absolute Gasteiger partial charge is 0.261 e. The highest BCUT2D eigenvalue weighted by molar-refractivity contribution is 5.88. The molecule has 1 aliphatic rings. The van der Waals surface area contributed by atoms with E-state index in [1.807, 2.05) is 62.4 Å². The summed E-state index contributed by atoms with van der Waals surface area (Å²) in [5.41, 5.74) is 3.08. The Hall–Kier alpha value is -2.82. The number of carbonyl (C=O) groups excluding carboxylic acids is 2. The third-order valence-electron chi connectivity index (χ3n) is 6.77. The summed E-state index contributed by atoms with van der Waals surface area (Å²) in [7, 11) is 0. The van der Waals surface area contributed by atoms with Crippen molar-refractivity contribution in [2.45, 2.75) is 90.8 Å². The number of amides is 2. The van der Waals surface area contributed by atoms with Crippen LogP contribution in [0.4, 0.5) is 0 Å². The SMILES string of the molecule is Cc1ccccc1CN(C(=O)COc1ccccc1C(C)(C)C)[C@H](C)C(=O)NC1CCCCC1. The van der Waals surface area contributed by atoms with Gasteiger partial charge < -0.3 is 15.0 Å². The molecule has 5 nitrogen and oxygen atoms in total. The average molecular weight is 465 g/mol. The van der Waals surface area contributed by atoms with Gasteiger partial charge in [0.15, 0.2) is 6.61 Å². The van der Waals surface area contributed by atoms with E-state index >= 15 is 0 Å². The minimum absolute atomic E-state index is 0.0936. The molecule has 1 N–H and O–H groups in total. The number of hydrogen-bond acceptors (Lipinski definition) is 3. The van der Waals surface area contributed by atoms with Crippen LogP contribution in [0.3, 0.4) is 0 Å². The molecule has 0 saturated heterocycles. The number of benzene rings is 2. The predicted octanol–water partition coefficient (Wildman–Crippen LogP) is 5.54. The third-order valence-corrected chi connectivity index (χ3v) is 6.77. The minimum atomic E-state index is -0.588. The zero-order chi connectivity index (χ0) is 24.7. The average Bonchev–Trinajstić information content (AvgIpc) is 2.82. The second-order valence-corrected chi connectivity index (χ2v) is 10.5. The molecule has 2 aromatic carbocycles. The topological polar surface area (TPSA) is 58.6 Å². The molecule has 1 fully saturated rings. The molecule has 34 heavy (non-hydrogen) atoms. The summed E-state index contributed by atoms with van der Waals surface area (Å²) in [6.07, 6.45) is 5.54. The maximum absolute atomic E-state index is 13.5. The van der Waals surface area contributed by atoms with Gasteiger partial charge in [-0.15, -0.1) is 0 Å². The lowest BCUT2D eigenvalue weighted by atomic mass is 9.86. The lowest BCUT2D eigenvalue weighted by Crippen LogP contribution is -2.51. The Labute approximate surface area is 204 Å². The van der Waals surface area contributed by atoms with Gasteiger partial charge in [0.25, 0.3) is 5.91 Å². The van der Waals surface area contributed by atoms with Gasteiger partial charge >= 0.3 is 0 Å². The van der Waals surface area contributed by atoms with Crippen LogP contribution in [-0.4, -0.2) is 35.4 Å². The van der Waals surface area contributed by atoms with Crippen molar-refractivity contribution in [3.05, 3.63) is 65.2 Å². The number of ether oxygens (including phenoxy) is 1. The molecule has 3 rings (SSSR count). The van der Waals surface area contributed by atoms with Crippen LogP contribution in [0.1, 0.15) is 76.5 Å². The van der Waals surface area contributed by atoms with Crippen molar-refractivity contribution in [2.24, 2.45) is 0 Å². The molecule has 0 radical (unpaired) electrons. The normalized spacial score (nSPS) is 15.4. The zero-order valence-electron chi connectivity index (χ0n) is 21.4. The quantitative estimate of drug-likeness (QED) is 0.558. The Balaban J connectivity index is 1.76. The lowest BCUT2D eigenvalue weighted by molar-refractivity contribution is -0.142. The molecule has 2 amide bonds. The highest BCUT2D eigenvalue weighted by Gasteiger charge is 2.29. The van der Waals surface area contributed by atoms with Crippen molar-refractivity contribution in [1.29, 1.82) is 0 Å². The number of carbonyl (C=O) groups is 2. The lowest BCUT2D eigenvalue weighted by Gasteiger charge is -2.31. The molecule has 184 valence electrons. The van der Waals surface area contributed by atoms with E-state index in [1.165, 1.54) is 6.42 Å². The van der Waals surface area contributed by atoms with Crippen LogP contribution in [0.15, 0.2) is 48.5 Å². The largest absolute Gasteiger partial charge is 0.483 e. The van der Waals surface area contributed by atoms with Gasteiger partial charge in [-0.3, -0.25) is 9.59 Å². The van der Waals surface area contributed by atoms with Crippen LogP contribution >= 0.6 is 0 Å². The Morgan fingerprint density at radius 1 is 1.03 bits per heavy atom. The van der Waals surface area contributed by atoms with Gasteiger partial charge in [-0.2, -0.15) is 0 Å². The van der Waals surface area contributed by atoms with Crippen molar-refractivity contribution in [3.8, 4) is 5.75 Å². The fourth-order valence-electron chi connectivity index (χ4n) is 4.56. The highest BCUT2D eigenvalue weighted by Crippen LogP contribution is 2.31. The second-order valence-electron chi connectivity index (χ2n) is 10.5. The molecule has 2 aromatic rings. The summed E-state index contributed by atoms with van der Waals surface area (Å²) in [5.74, 6) is 0.417. The highest BCUT2D eigenvalue weighted by atomic mass is 16.5. The standard InChI is InChI=1S/C29H40N2O3/c1-21-13-9-10-14-23(21)19-31(22(2)28(33)30-24-15-7-6-8-16-24)27(32)20-34-26-18-12-11-17-25(26)29(3,4)5/h9-14,17-18,22,24H,6-8,15-16,19-20H2,1-5H3,(H,30,33)/t22-/m1/s1. The number of nitrogens with zero attached hydrogens (tertiary/aromatic N) is 1. The van der Waals surface area contributed by atoms with E-state index < -0.39 is 6.04 Å². The molecule has 1 atom stereocenters.